The summed E-state index contributed by atoms with van der Waals surface area (Å²) in [5.41, 5.74) is 2.08. The molecule has 1 saturated heterocycles. The zero-order valence-corrected chi connectivity index (χ0v) is 21.3. The molecule has 4 rings (SSSR count). The van der Waals surface area contributed by atoms with Gasteiger partial charge in [-0.1, -0.05) is 28.1 Å². The van der Waals surface area contributed by atoms with E-state index < -0.39 is 0 Å². The number of allylic oxidation sites excluding steroid dienone is 2. The Kier molecular flexibility index (Phi) is 8.06. The van der Waals surface area contributed by atoms with Crippen molar-refractivity contribution in [3.63, 3.8) is 0 Å². The molecule has 0 unspecified atom stereocenters. The summed E-state index contributed by atoms with van der Waals surface area (Å²) in [4.78, 5) is 27.5. The van der Waals surface area contributed by atoms with Crippen LogP contribution in [0.4, 0.5) is 0 Å². The summed E-state index contributed by atoms with van der Waals surface area (Å²) in [5.74, 6) is 1.47. The third kappa shape index (κ3) is 5.88. The minimum atomic E-state index is -0.0968. The third-order valence-electron chi connectivity index (χ3n) is 6.22. The van der Waals surface area contributed by atoms with Crippen LogP contribution in [0.25, 0.3) is 0 Å². The van der Waals surface area contributed by atoms with Crippen LogP contribution < -0.4 is 14.8 Å². The molecule has 0 aromatic heterocycles. The lowest BCUT2D eigenvalue weighted by Crippen LogP contribution is -2.44. The predicted octanol–water partition coefficient (Wildman–Crippen LogP) is 5.37. The van der Waals surface area contributed by atoms with Gasteiger partial charge in [-0.25, -0.2) is 0 Å². The number of nitrogens with zero attached hydrogens (tertiary/aromatic N) is 1. The van der Waals surface area contributed by atoms with E-state index in [1.165, 1.54) is 0 Å². The molecule has 0 bridgehead atoms. The van der Waals surface area contributed by atoms with E-state index in [2.05, 4.69) is 26.1 Å². The minimum absolute atomic E-state index is 0.00936. The predicted molar refractivity (Wildman–Crippen MR) is 136 cm³/mol. The smallest absolute Gasteiger partial charge is 0.251 e. The standard InChI is InChI=1S/C27H31BrN2O4/c1-18(2)26-25(31)24-22(9-6-10-23(24)34-26)33-16-4-3-13-30-14-11-21(12-15-30)29-27(32)19-7-5-8-20(28)17-19/h5-10,17,21H,3-4,11-16H2,1-2H3,(H,29,32). The van der Waals surface area contributed by atoms with Crippen molar-refractivity contribution in [2.45, 2.75) is 45.6 Å². The lowest BCUT2D eigenvalue weighted by Gasteiger charge is -2.32. The summed E-state index contributed by atoms with van der Waals surface area (Å²) in [7, 11) is 0. The molecule has 0 saturated carbocycles. The van der Waals surface area contributed by atoms with Crippen LogP contribution in [0.3, 0.4) is 0 Å². The monoisotopic (exact) mass is 526 g/mol. The molecule has 34 heavy (non-hydrogen) atoms. The van der Waals surface area contributed by atoms with Crippen LogP contribution in [-0.4, -0.2) is 48.9 Å². The van der Waals surface area contributed by atoms with E-state index in [1.807, 2.05) is 50.2 Å². The lowest BCUT2D eigenvalue weighted by atomic mass is 10.0. The minimum Gasteiger partial charge on any atom is -0.493 e. The summed E-state index contributed by atoms with van der Waals surface area (Å²) in [6.07, 6.45) is 3.85. The van der Waals surface area contributed by atoms with Crippen LogP contribution >= 0.6 is 15.9 Å². The van der Waals surface area contributed by atoms with E-state index in [4.69, 9.17) is 9.47 Å². The van der Waals surface area contributed by atoms with Gasteiger partial charge in [0.15, 0.2) is 5.76 Å². The number of halogens is 1. The average Bonchev–Trinajstić information content (AvgIpc) is 3.17. The fraction of sp³-hybridized carbons (Fsp3) is 0.407. The Labute approximate surface area is 209 Å². The molecule has 1 fully saturated rings. The Morgan fingerprint density at radius 2 is 1.91 bits per heavy atom. The van der Waals surface area contributed by atoms with Gasteiger partial charge in [0.2, 0.25) is 5.78 Å². The van der Waals surface area contributed by atoms with E-state index >= 15 is 0 Å². The Morgan fingerprint density at radius 1 is 1.15 bits per heavy atom. The molecule has 2 heterocycles. The Balaban J connectivity index is 1.16. The van der Waals surface area contributed by atoms with Crippen LogP contribution in [-0.2, 0) is 0 Å². The number of Topliss-reactive ketones (excluding diaryl/α,β-unsaturated/α-hetero) is 1. The van der Waals surface area contributed by atoms with Gasteiger partial charge in [-0.2, -0.15) is 0 Å². The van der Waals surface area contributed by atoms with Crippen LogP contribution in [0.2, 0.25) is 0 Å². The maximum atomic E-state index is 12.6. The Bertz CT molecular complexity index is 1090. The number of amides is 1. The highest BCUT2D eigenvalue weighted by Gasteiger charge is 2.31. The molecule has 2 aliphatic heterocycles. The van der Waals surface area contributed by atoms with Gasteiger partial charge in [0.05, 0.1) is 6.61 Å². The lowest BCUT2D eigenvalue weighted by molar-refractivity contribution is 0.0909. The van der Waals surface area contributed by atoms with Gasteiger partial charge in [-0.05, 0) is 82.0 Å². The number of fused-ring (bicyclic) bond motifs is 1. The molecular formula is C27H31BrN2O4. The quantitative estimate of drug-likeness (QED) is 0.369. The second-order valence-corrected chi connectivity index (χ2v) is 9.96. The van der Waals surface area contributed by atoms with Crippen LogP contribution in [0, 0.1) is 0 Å². The summed E-state index contributed by atoms with van der Waals surface area (Å²) in [6.45, 7) is 7.28. The summed E-state index contributed by atoms with van der Waals surface area (Å²) < 4.78 is 12.6. The number of rotatable bonds is 8. The Hall–Kier alpha value is -2.64. The summed E-state index contributed by atoms with van der Waals surface area (Å²) in [5, 5.41) is 3.16. The molecule has 2 aromatic rings. The second kappa shape index (κ2) is 11.2. The van der Waals surface area contributed by atoms with E-state index in [1.54, 1.807) is 6.07 Å². The van der Waals surface area contributed by atoms with Crippen molar-refractivity contribution < 1.29 is 19.1 Å². The molecule has 1 N–H and O–H groups in total. The normalized spacial score (nSPS) is 16.2. The van der Waals surface area contributed by atoms with Gasteiger partial charge >= 0.3 is 0 Å². The number of unbranched alkanes of at least 4 members (excludes halogenated alkanes) is 1. The van der Waals surface area contributed by atoms with E-state index in [-0.39, 0.29) is 17.7 Å². The number of piperidine rings is 1. The summed E-state index contributed by atoms with van der Waals surface area (Å²) >= 11 is 3.42. The number of carbonyl (C=O) groups is 2. The highest BCUT2D eigenvalue weighted by Crippen LogP contribution is 2.38. The first-order valence-electron chi connectivity index (χ1n) is 11.9. The molecule has 6 nitrogen and oxygen atoms in total. The maximum absolute atomic E-state index is 12.6. The number of likely N-dealkylation sites (tertiary alicyclic amines) is 1. The van der Waals surface area contributed by atoms with Crippen molar-refractivity contribution in [3.05, 3.63) is 69.4 Å². The number of hydrogen-bond acceptors (Lipinski definition) is 5. The molecule has 7 heteroatoms. The molecule has 0 aliphatic carbocycles. The van der Waals surface area contributed by atoms with Crippen molar-refractivity contribution in [1.29, 1.82) is 0 Å². The number of ether oxygens (including phenoxy) is 2. The SMILES string of the molecule is CC(C)=C1Oc2cccc(OCCCCN3CCC(NC(=O)c4cccc(Br)c4)CC3)c2C1=O. The number of nitrogens with one attached hydrogen (secondary N) is 1. The Morgan fingerprint density at radius 3 is 2.65 bits per heavy atom. The zero-order valence-electron chi connectivity index (χ0n) is 19.7. The van der Waals surface area contributed by atoms with Gasteiger partial charge in [0.25, 0.3) is 5.91 Å². The topological polar surface area (TPSA) is 67.9 Å². The molecule has 0 atom stereocenters. The van der Waals surface area contributed by atoms with E-state index in [0.29, 0.717) is 35.0 Å². The molecule has 0 spiro atoms. The van der Waals surface area contributed by atoms with Gasteiger partial charge in [-0.3, -0.25) is 9.59 Å². The highest BCUT2D eigenvalue weighted by atomic mass is 79.9. The fourth-order valence-electron chi connectivity index (χ4n) is 4.36. The third-order valence-corrected chi connectivity index (χ3v) is 6.72. The molecular weight excluding hydrogens is 496 g/mol. The van der Waals surface area contributed by atoms with Crippen LogP contribution in [0.1, 0.15) is 60.2 Å². The second-order valence-electron chi connectivity index (χ2n) is 9.04. The first kappa shape index (κ1) is 24.5. The summed E-state index contributed by atoms with van der Waals surface area (Å²) in [6, 6.07) is 13.2. The van der Waals surface area contributed by atoms with Crippen LogP contribution in [0.5, 0.6) is 11.5 Å². The molecule has 2 aliphatic rings. The van der Waals surface area contributed by atoms with Gasteiger partial charge in [0.1, 0.15) is 17.1 Å². The zero-order chi connectivity index (χ0) is 24.1. The van der Waals surface area contributed by atoms with Gasteiger partial charge < -0.3 is 19.7 Å². The van der Waals surface area contributed by atoms with E-state index in [0.717, 1.165) is 55.4 Å². The van der Waals surface area contributed by atoms with Crippen LogP contribution in [0.15, 0.2) is 58.3 Å². The maximum Gasteiger partial charge on any atom is 0.251 e. The van der Waals surface area contributed by atoms with Crippen molar-refractivity contribution in [2.75, 3.05) is 26.2 Å². The number of ketones is 1. The number of carbonyl (C=O) groups excluding carboxylic acids is 2. The fourth-order valence-corrected chi connectivity index (χ4v) is 4.76. The van der Waals surface area contributed by atoms with Crippen molar-refractivity contribution in [3.8, 4) is 11.5 Å². The molecule has 1 amide bonds. The van der Waals surface area contributed by atoms with Crippen molar-refractivity contribution in [2.24, 2.45) is 0 Å². The largest absolute Gasteiger partial charge is 0.493 e. The van der Waals surface area contributed by atoms with Gasteiger partial charge in [-0.15, -0.1) is 0 Å². The first-order valence-corrected chi connectivity index (χ1v) is 12.7. The average molecular weight is 527 g/mol. The number of hydrogen-bond donors (Lipinski definition) is 1. The molecule has 180 valence electrons. The van der Waals surface area contributed by atoms with Crippen molar-refractivity contribution >= 4 is 27.6 Å². The van der Waals surface area contributed by atoms with Crippen molar-refractivity contribution in [1.82, 2.24) is 10.2 Å². The first-order chi connectivity index (χ1) is 16.4. The highest BCUT2D eigenvalue weighted by molar-refractivity contribution is 9.10. The van der Waals surface area contributed by atoms with Gasteiger partial charge in [0, 0.05) is 29.2 Å². The molecule has 2 aromatic carbocycles. The molecule has 0 radical (unpaired) electrons. The number of benzene rings is 2. The van der Waals surface area contributed by atoms with E-state index in [9.17, 15) is 9.59 Å².